The molecule has 2 atom stereocenters. The van der Waals surface area contributed by atoms with E-state index in [1.165, 1.54) is 6.42 Å². The highest BCUT2D eigenvalue weighted by Gasteiger charge is 2.31. The minimum atomic E-state index is -0.355. The molecule has 142 valence electrons. The van der Waals surface area contributed by atoms with Gasteiger partial charge in [-0.3, -0.25) is 15.0 Å². The molecule has 0 radical (unpaired) electrons. The second-order valence-corrected chi connectivity index (χ2v) is 7.61. The summed E-state index contributed by atoms with van der Waals surface area (Å²) >= 11 is 0. The van der Waals surface area contributed by atoms with Crippen molar-refractivity contribution in [3.05, 3.63) is 0 Å². The SMILES string of the molecule is CC1CCCCC1NC(=O)NC(=O)CN1CCC(C2OCCO2)CC1. The van der Waals surface area contributed by atoms with Gasteiger partial charge in [0.15, 0.2) is 6.29 Å². The molecule has 2 N–H and O–H groups in total. The van der Waals surface area contributed by atoms with Crippen LogP contribution in [-0.4, -0.2) is 62.0 Å². The molecule has 7 heteroatoms. The molecule has 2 heterocycles. The third-order valence-corrected chi connectivity index (χ3v) is 5.71. The number of nitrogens with one attached hydrogen (secondary N) is 2. The molecule has 25 heavy (non-hydrogen) atoms. The molecule has 0 aromatic heterocycles. The van der Waals surface area contributed by atoms with Crippen LogP contribution in [-0.2, 0) is 14.3 Å². The Morgan fingerprint density at radius 3 is 2.40 bits per heavy atom. The molecule has 3 amide bonds. The summed E-state index contributed by atoms with van der Waals surface area (Å²) in [5.41, 5.74) is 0. The van der Waals surface area contributed by atoms with E-state index < -0.39 is 0 Å². The first kappa shape index (κ1) is 18.6. The first-order valence-electron chi connectivity index (χ1n) is 9.67. The Balaban J connectivity index is 1.34. The zero-order valence-corrected chi connectivity index (χ0v) is 15.2. The number of carbonyl (C=O) groups excluding carboxylic acids is 2. The largest absolute Gasteiger partial charge is 0.350 e. The van der Waals surface area contributed by atoms with Crippen LogP contribution in [0.3, 0.4) is 0 Å². The Morgan fingerprint density at radius 1 is 1.04 bits per heavy atom. The smallest absolute Gasteiger partial charge is 0.321 e. The van der Waals surface area contributed by atoms with Gasteiger partial charge in [-0.25, -0.2) is 4.79 Å². The average Bonchev–Trinajstić information content (AvgIpc) is 3.12. The van der Waals surface area contributed by atoms with Gasteiger partial charge in [0, 0.05) is 12.0 Å². The van der Waals surface area contributed by atoms with Crippen molar-refractivity contribution in [2.45, 2.75) is 57.8 Å². The van der Waals surface area contributed by atoms with Crippen LogP contribution >= 0.6 is 0 Å². The van der Waals surface area contributed by atoms with E-state index in [1.807, 2.05) is 0 Å². The lowest BCUT2D eigenvalue weighted by Gasteiger charge is -2.33. The number of carbonyl (C=O) groups is 2. The molecule has 0 spiro atoms. The lowest BCUT2D eigenvalue weighted by atomic mass is 9.86. The first-order valence-corrected chi connectivity index (χ1v) is 9.67. The molecule has 7 nitrogen and oxygen atoms in total. The summed E-state index contributed by atoms with van der Waals surface area (Å²) in [4.78, 5) is 26.3. The van der Waals surface area contributed by atoms with Crippen molar-refractivity contribution < 1.29 is 19.1 Å². The number of nitrogens with zero attached hydrogens (tertiary/aromatic N) is 1. The monoisotopic (exact) mass is 353 g/mol. The minimum Gasteiger partial charge on any atom is -0.350 e. The van der Waals surface area contributed by atoms with Crippen LogP contribution in [0, 0.1) is 11.8 Å². The number of imide groups is 1. The number of amides is 3. The van der Waals surface area contributed by atoms with Gasteiger partial charge in [0.2, 0.25) is 5.91 Å². The summed E-state index contributed by atoms with van der Waals surface area (Å²) in [5, 5.41) is 5.44. The average molecular weight is 353 g/mol. The third kappa shape index (κ3) is 5.39. The van der Waals surface area contributed by atoms with Crippen molar-refractivity contribution in [1.29, 1.82) is 0 Å². The van der Waals surface area contributed by atoms with Gasteiger partial charge >= 0.3 is 6.03 Å². The Morgan fingerprint density at radius 2 is 1.72 bits per heavy atom. The van der Waals surface area contributed by atoms with Crippen molar-refractivity contribution >= 4 is 11.9 Å². The topological polar surface area (TPSA) is 79.9 Å². The highest BCUT2D eigenvalue weighted by molar-refractivity contribution is 5.95. The van der Waals surface area contributed by atoms with Crippen LogP contribution in [0.4, 0.5) is 4.79 Å². The van der Waals surface area contributed by atoms with E-state index in [1.54, 1.807) is 0 Å². The zero-order chi connectivity index (χ0) is 17.6. The fourth-order valence-electron chi connectivity index (χ4n) is 4.14. The second-order valence-electron chi connectivity index (χ2n) is 7.61. The molecule has 1 saturated carbocycles. The molecule has 2 aliphatic heterocycles. The van der Waals surface area contributed by atoms with Crippen molar-refractivity contribution in [2.75, 3.05) is 32.8 Å². The number of piperidine rings is 1. The van der Waals surface area contributed by atoms with Gasteiger partial charge in [0.25, 0.3) is 0 Å². The van der Waals surface area contributed by atoms with Gasteiger partial charge in [-0.2, -0.15) is 0 Å². The summed E-state index contributed by atoms with van der Waals surface area (Å²) in [5.74, 6) is 0.666. The second kappa shape index (κ2) is 8.96. The predicted molar refractivity (Wildman–Crippen MR) is 93.0 cm³/mol. The van der Waals surface area contributed by atoms with Crippen LogP contribution in [0.2, 0.25) is 0 Å². The lowest BCUT2D eigenvalue weighted by molar-refractivity contribution is -0.122. The maximum Gasteiger partial charge on any atom is 0.321 e. The van der Waals surface area contributed by atoms with E-state index in [0.29, 0.717) is 25.0 Å². The van der Waals surface area contributed by atoms with Gasteiger partial charge in [-0.15, -0.1) is 0 Å². The van der Waals surface area contributed by atoms with E-state index in [2.05, 4.69) is 22.5 Å². The van der Waals surface area contributed by atoms with Gasteiger partial charge in [0.1, 0.15) is 0 Å². The number of rotatable bonds is 4. The van der Waals surface area contributed by atoms with Gasteiger partial charge in [-0.1, -0.05) is 19.8 Å². The molecular weight excluding hydrogens is 322 g/mol. The van der Waals surface area contributed by atoms with Gasteiger partial charge in [0.05, 0.1) is 19.8 Å². The standard InChI is InChI=1S/C18H31N3O4/c1-13-4-2-3-5-15(13)19-18(23)20-16(22)12-21-8-6-14(7-9-21)17-24-10-11-25-17/h13-15,17H,2-12H2,1H3,(H2,19,20,22,23). The third-order valence-electron chi connectivity index (χ3n) is 5.71. The number of urea groups is 1. The quantitative estimate of drug-likeness (QED) is 0.800. The van der Waals surface area contributed by atoms with Crippen LogP contribution in [0.1, 0.15) is 45.4 Å². The normalized spacial score (nSPS) is 29.5. The number of hydrogen-bond donors (Lipinski definition) is 2. The Hall–Kier alpha value is -1.18. The molecule has 0 aromatic carbocycles. The summed E-state index contributed by atoms with van der Waals surface area (Å²) in [6.07, 6.45) is 6.37. The summed E-state index contributed by atoms with van der Waals surface area (Å²) in [6, 6.07) is -0.171. The predicted octanol–water partition coefficient (Wildman–Crippen LogP) is 1.48. The van der Waals surface area contributed by atoms with E-state index in [4.69, 9.17) is 9.47 Å². The van der Waals surface area contributed by atoms with E-state index in [9.17, 15) is 9.59 Å². The highest BCUT2D eigenvalue weighted by Crippen LogP contribution is 2.25. The summed E-state index contributed by atoms with van der Waals surface area (Å²) < 4.78 is 11.1. The van der Waals surface area contributed by atoms with Crippen molar-refractivity contribution in [3.8, 4) is 0 Å². The molecule has 2 saturated heterocycles. The zero-order valence-electron chi connectivity index (χ0n) is 15.2. The van der Waals surface area contributed by atoms with Crippen LogP contribution in [0.5, 0.6) is 0 Å². The van der Waals surface area contributed by atoms with Gasteiger partial charge < -0.3 is 14.8 Å². The summed E-state index contributed by atoms with van der Waals surface area (Å²) in [6.45, 7) is 5.47. The van der Waals surface area contributed by atoms with Crippen LogP contribution in [0.25, 0.3) is 0 Å². The molecule has 2 unspecified atom stereocenters. The molecule has 3 fully saturated rings. The number of ether oxygens (including phenoxy) is 2. The Bertz CT molecular complexity index is 459. The molecule has 0 aromatic rings. The number of hydrogen-bond acceptors (Lipinski definition) is 5. The number of likely N-dealkylation sites (tertiary alicyclic amines) is 1. The maximum atomic E-state index is 12.1. The van der Waals surface area contributed by atoms with Gasteiger partial charge in [-0.05, 0) is 44.7 Å². The molecule has 1 aliphatic carbocycles. The molecule has 3 aliphatic rings. The maximum absolute atomic E-state index is 12.1. The van der Waals surface area contributed by atoms with Crippen molar-refractivity contribution in [1.82, 2.24) is 15.5 Å². The fraction of sp³-hybridized carbons (Fsp3) is 0.889. The summed E-state index contributed by atoms with van der Waals surface area (Å²) in [7, 11) is 0. The van der Waals surface area contributed by atoms with E-state index >= 15 is 0 Å². The van der Waals surface area contributed by atoms with Crippen LogP contribution in [0.15, 0.2) is 0 Å². The van der Waals surface area contributed by atoms with Crippen LogP contribution < -0.4 is 10.6 Å². The molecular formula is C18H31N3O4. The minimum absolute atomic E-state index is 0.0702. The van der Waals surface area contributed by atoms with Crippen molar-refractivity contribution in [2.24, 2.45) is 11.8 Å². The van der Waals surface area contributed by atoms with E-state index in [-0.39, 0.29) is 30.8 Å². The fourth-order valence-corrected chi connectivity index (χ4v) is 4.14. The Labute approximate surface area is 149 Å². The molecule has 3 rings (SSSR count). The van der Waals surface area contributed by atoms with E-state index in [0.717, 1.165) is 45.2 Å². The highest BCUT2D eigenvalue weighted by atomic mass is 16.7. The Kier molecular flexibility index (Phi) is 6.67. The lowest BCUT2D eigenvalue weighted by Crippen LogP contribution is -2.50. The first-order chi connectivity index (χ1) is 12.1. The molecule has 0 bridgehead atoms. The van der Waals surface area contributed by atoms with Crippen molar-refractivity contribution in [3.63, 3.8) is 0 Å².